The smallest absolute Gasteiger partial charge is 0.195 e. The summed E-state index contributed by atoms with van der Waals surface area (Å²) in [5.74, 6) is 0. The fourth-order valence-electron chi connectivity index (χ4n) is 0.498. The third kappa shape index (κ3) is 1.23. The van der Waals surface area contributed by atoms with Crippen molar-refractivity contribution < 1.29 is 17.1 Å². The number of aromatic nitrogens is 2. The molecule has 3 heteroatoms. The van der Waals surface area contributed by atoms with Gasteiger partial charge in [-0.1, -0.05) is 0 Å². The molecule has 0 spiro atoms. The van der Waals surface area contributed by atoms with Crippen molar-refractivity contribution in [2.75, 3.05) is 0 Å². The van der Waals surface area contributed by atoms with E-state index in [4.69, 9.17) is 0 Å². The van der Waals surface area contributed by atoms with Gasteiger partial charge in [-0.15, -0.1) is 4.68 Å². The van der Waals surface area contributed by atoms with Crippen molar-refractivity contribution >= 4 is 0 Å². The van der Waals surface area contributed by atoms with Crippen molar-refractivity contribution in [2.45, 2.75) is 0 Å². The first kappa shape index (κ1) is 7.50. The van der Waals surface area contributed by atoms with E-state index in [1.807, 2.05) is 41.9 Å². The quantitative estimate of drug-likeness (QED) is 0.330. The van der Waals surface area contributed by atoms with Crippen LogP contribution < -0.4 is 17.1 Å². The summed E-state index contributed by atoms with van der Waals surface area (Å²) in [5.41, 5.74) is 0. The Kier molecular flexibility index (Phi) is 2.55. The molecule has 1 aromatic heterocycles. The molecular formula is C5H9ClN2. The summed E-state index contributed by atoms with van der Waals surface area (Å²) >= 11 is 0. The largest absolute Gasteiger partial charge is 1.00 e. The molecule has 0 aliphatic carbocycles. The summed E-state index contributed by atoms with van der Waals surface area (Å²) < 4.78 is 4.00. The van der Waals surface area contributed by atoms with Crippen LogP contribution in [0.15, 0.2) is 18.5 Å². The van der Waals surface area contributed by atoms with E-state index in [1.54, 1.807) is 0 Å². The first-order valence-corrected chi connectivity index (χ1v) is 2.28. The molecule has 0 aliphatic rings. The van der Waals surface area contributed by atoms with Crippen LogP contribution in [0.4, 0.5) is 0 Å². The molecule has 0 aromatic carbocycles. The Morgan fingerprint density at radius 1 is 1.50 bits per heavy atom. The minimum absolute atomic E-state index is 0. The van der Waals surface area contributed by atoms with Crippen molar-refractivity contribution in [1.82, 2.24) is 4.68 Å². The number of rotatable bonds is 0. The molecule has 1 aromatic rings. The fourth-order valence-corrected chi connectivity index (χ4v) is 0.498. The van der Waals surface area contributed by atoms with Crippen molar-refractivity contribution in [2.24, 2.45) is 14.1 Å². The predicted molar refractivity (Wildman–Crippen MR) is 26.6 cm³/mol. The van der Waals surface area contributed by atoms with Crippen LogP contribution in [0, 0.1) is 0 Å². The molecule has 0 unspecified atom stereocenters. The maximum atomic E-state index is 2.00. The second kappa shape index (κ2) is 2.72. The highest BCUT2D eigenvalue weighted by Crippen LogP contribution is 1.70. The average molecular weight is 133 g/mol. The standard InChI is InChI=1S/C5H9N2.ClH/c1-6-4-3-5-7(6)2;/h3-5H,1-2H3;1H/q+1;/p-1. The fraction of sp³-hybridized carbons (Fsp3) is 0.400. The van der Waals surface area contributed by atoms with E-state index >= 15 is 0 Å². The number of nitrogens with zero attached hydrogens (tertiary/aromatic N) is 2. The molecule has 1 heterocycles. The maximum absolute atomic E-state index is 2.00. The van der Waals surface area contributed by atoms with Gasteiger partial charge in [-0.3, -0.25) is 0 Å². The molecule has 0 saturated heterocycles. The van der Waals surface area contributed by atoms with E-state index < -0.39 is 0 Å². The summed E-state index contributed by atoms with van der Waals surface area (Å²) in [6, 6.07) is 2.00. The zero-order chi connectivity index (χ0) is 5.28. The third-order valence-electron chi connectivity index (χ3n) is 1.10. The number of hydrogen-bond acceptors (Lipinski definition) is 0. The third-order valence-corrected chi connectivity index (χ3v) is 1.10. The molecule has 0 saturated carbocycles. The Morgan fingerprint density at radius 3 is 2.25 bits per heavy atom. The molecule has 0 fully saturated rings. The van der Waals surface area contributed by atoms with Crippen LogP contribution >= 0.6 is 0 Å². The van der Waals surface area contributed by atoms with Crippen LogP contribution in [0.25, 0.3) is 0 Å². The highest BCUT2D eigenvalue weighted by atomic mass is 35.5. The van der Waals surface area contributed by atoms with Crippen LogP contribution in [-0.4, -0.2) is 4.68 Å². The Morgan fingerprint density at radius 2 is 2.12 bits per heavy atom. The molecule has 0 atom stereocenters. The Balaban J connectivity index is 0.000000490. The van der Waals surface area contributed by atoms with Gasteiger partial charge in [-0.25, -0.2) is 0 Å². The second-order valence-electron chi connectivity index (χ2n) is 1.64. The van der Waals surface area contributed by atoms with E-state index in [1.165, 1.54) is 0 Å². The van der Waals surface area contributed by atoms with Crippen LogP contribution in [-0.2, 0) is 14.1 Å². The van der Waals surface area contributed by atoms with Gasteiger partial charge in [0.1, 0.15) is 0 Å². The molecular weight excluding hydrogens is 124 g/mol. The van der Waals surface area contributed by atoms with Gasteiger partial charge in [0.2, 0.25) is 0 Å². The van der Waals surface area contributed by atoms with Crippen LogP contribution in [0.1, 0.15) is 0 Å². The van der Waals surface area contributed by atoms with Gasteiger partial charge in [0.05, 0.1) is 13.2 Å². The number of hydrogen-bond donors (Lipinski definition) is 0. The number of aryl methyl sites for hydroxylation is 2. The zero-order valence-corrected chi connectivity index (χ0v) is 5.76. The topological polar surface area (TPSA) is 8.81 Å². The van der Waals surface area contributed by atoms with Crippen molar-refractivity contribution in [3.63, 3.8) is 0 Å². The van der Waals surface area contributed by atoms with E-state index in [2.05, 4.69) is 0 Å². The Bertz CT molecular complexity index is 143. The average Bonchev–Trinajstić information content (AvgIpc) is 1.91. The lowest BCUT2D eigenvalue weighted by Gasteiger charge is -1.82. The first-order valence-electron chi connectivity index (χ1n) is 2.28. The lowest BCUT2D eigenvalue weighted by Crippen LogP contribution is -3.00. The van der Waals surface area contributed by atoms with Crippen LogP contribution in [0.5, 0.6) is 0 Å². The SMILES string of the molecule is Cn1ccc[n+]1C.[Cl-]. The minimum Gasteiger partial charge on any atom is -1.00 e. The highest BCUT2D eigenvalue weighted by molar-refractivity contribution is 4.69. The van der Waals surface area contributed by atoms with Gasteiger partial charge in [0.15, 0.2) is 13.2 Å². The molecule has 0 radical (unpaired) electrons. The highest BCUT2D eigenvalue weighted by Gasteiger charge is 1.89. The molecule has 1 rings (SSSR count). The summed E-state index contributed by atoms with van der Waals surface area (Å²) in [7, 11) is 4.00. The minimum atomic E-state index is 0. The van der Waals surface area contributed by atoms with Crippen LogP contribution in [0.3, 0.4) is 0 Å². The molecule has 0 amide bonds. The van der Waals surface area contributed by atoms with Gasteiger partial charge in [-0.2, -0.15) is 4.68 Å². The molecule has 0 N–H and O–H groups in total. The van der Waals surface area contributed by atoms with Gasteiger partial charge in [-0.05, 0) is 0 Å². The van der Waals surface area contributed by atoms with Gasteiger partial charge < -0.3 is 12.4 Å². The van der Waals surface area contributed by atoms with E-state index in [0.29, 0.717) is 0 Å². The lowest BCUT2D eigenvalue weighted by atomic mass is 10.8. The number of halogens is 1. The molecule has 2 nitrogen and oxygen atoms in total. The Hall–Kier alpha value is -0.500. The van der Waals surface area contributed by atoms with E-state index in [-0.39, 0.29) is 12.4 Å². The molecule has 46 valence electrons. The molecule has 0 aliphatic heterocycles. The summed E-state index contributed by atoms with van der Waals surface area (Å²) in [6.07, 6.45) is 4.00. The normalized spacial score (nSPS) is 8.25. The maximum Gasteiger partial charge on any atom is 0.195 e. The van der Waals surface area contributed by atoms with Crippen molar-refractivity contribution in [3.05, 3.63) is 18.5 Å². The monoisotopic (exact) mass is 132 g/mol. The Labute approximate surface area is 55.1 Å². The lowest BCUT2D eigenvalue weighted by molar-refractivity contribution is -0.751. The van der Waals surface area contributed by atoms with Gasteiger partial charge >= 0.3 is 0 Å². The second-order valence-corrected chi connectivity index (χ2v) is 1.64. The predicted octanol–water partition coefficient (Wildman–Crippen LogP) is -3.15. The molecule has 8 heavy (non-hydrogen) atoms. The zero-order valence-electron chi connectivity index (χ0n) is 5.00. The van der Waals surface area contributed by atoms with Crippen molar-refractivity contribution in [3.8, 4) is 0 Å². The first-order chi connectivity index (χ1) is 3.30. The van der Waals surface area contributed by atoms with Crippen LogP contribution in [0.2, 0.25) is 0 Å². The summed E-state index contributed by atoms with van der Waals surface area (Å²) in [5, 5.41) is 0. The molecule has 0 bridgehead atoms. The van der Waals surface area contributed by atoms with Gasteiger partial charge in [0.25, 0.3) is 0 Å². The summed E-state index contributed by atoms with van der Waals surface area (Å²) in [4.78, 5) is 0. The summed E-state index contributed by atoms with van der Waals surface area (Å²) in [6.45, 7) is 0. The van der Waals surface area contributed by atoms with E-state index in [9.17, 15) is 0 Å². The van der Waals surface area contributed by atoms with E-state index in [0.717, 1.165) is 0 Å². The van der Waals surface area contributed by atoms with Crippen molar-refractivity contribution in [1.29, 1.82) is 0 Å². The van der Waals surface area contributed by atoms with Gasteiger partial charge in [0, 0.05) is 6.07 Å².